The van der Waals surface area contributed by atoms with E-state index < -0.39 is 24.2 Å². The predicted molar refractivity (Wildman–Crippen MR) is 28.2 cm³/mol. The smallest absolute Gasteiger partial charge is 0.200 e. The first-order chi connectivity index (χ1) is 4.42. The van der Waals surface area contributed by atoms with Crippen molar-refractivity contribution in [1.29, 1.82) is 0 Å². The summed E-state index contributed by atoms with van der Waals surface area (Å²) in [5.74, 6) is -9.02. The third-order valence-corrected chi connectivity index (χ3v) is 1.71. The van der Waals surface area contributed by atoms with Crippen LogP contribution in [0, 0.1) is 5.92 Å². The molecule has 0 bridgehead atoms. The molecule has 0 N–H and O–H groups in total. The molecule has 1 rings (SSSR count). The van der Waals surface area contributed by atoms with Crippen LogP contribution < -0.4 is 0 Å². The number of halogens is 4. The van der Waals surface area contributed by atoms with Crippen molar-refractivity contribution in [2.24, 2.45) is 5.92 Å². The van der Waals surface area contributed by atoms with Gasteiger partial charge in [-0.3, -0.25) is 0 Å². The van der Waals surface area contributed by atoms with Crippen LogP contribution >= 0.6 is 0 Å². The summed E-state index contributed by atoms with van der Waals surface area (Å²) in [6, 6.07) is 0. The summed E-state index contributed by atoms with van der Waals surface area (Å²) in [6.07, 6.45) is 0.0981. The van der Waals surface area contributed by atoms with Gasteiger partial charge in [-0.25, -0.2) is 0 Å². The molecule has 0 aliphatic heterocycles. The van der Waals surface area contributed by atoms with Gasteiger partial charge in [-0.15, -0.1) is 6.58 Å². The molecular formula is C6H6F4. The van der Waals surface area contributed by atoms with Crippen molar-refractivity contribution in [1.82, 2.24) is 0 Å². The lowest BCUT2D eigenvalue weighted by Crippen LogP contribution is -2.57. The van der Waals surface area contributed by atoms with Gasteiger partial charge in [0, 0.05) is 6.42 Å². The van der Waals surface area contributed by atoms with Crippen molar-refractivity contribution in [2.75, 3.05) is 0 Å². The Kier molecular flexibility index (Phi) is 1.31. The Morgan fingerprint density at radius 1 is 1.30 bits per heavy atom. The fourth-order valence-corrected chi connectivity index (χ4v) is 0.912. The normalized spacial score (nSPS) is 34.6. The second-order valence-electron chi connectivity index (χ2n) is 2.37. The summed E-state index contributed by atoms with van der Waals surface area (Å²) in [5.41, 5.74) is 0. The molecule has 58 valence electrons. The van der Waals surface area contributed by atoms with Crippen LogP contribution in [0.1, 0.15) is 6.42 Å². The highest BCUT2D eigenvalue weighted by Gasteiger charge is 2.70. The van der Waals surface area contributed by atoms with E-state index in [1.54, 1.807) is 0 Å². The number of rotatable bonds is 1. The molecule has 0 radical (unpaired) electrons. The topological polar surface area (TPSA) is 0 Å². The lowest BCUT2D eigenvalue weighted by Gasteiger charge is -2.42. The van der Waals surface area contributed by atoms with Crippen molar-refractivity contribution in [2.45, 2.75) is 18.3 Å². The van der Waals surface area contributed by atoms with Gasteiger partial charge >= 0.3 is 11.8 Å². The van der Waals surface area contributed by atoms with Crippen LogP contribution in [0.5, 0.6) is 0 Å². The second kappa shape index (κ2) is 1.74. The van der Waals surface area contributed by atoms with Crippen LogP contribution in [0.4, 0.5) is 17.6 Å². The molecular weight excluding hydrogens is 148 g/mol. The highest BCUT2D eigenvalue weighted by Crippen LogP contribution is 2.55. The van der Waals surface area contributed by atoms with Crippen molar-refractivity contribution < 1.29 is 17.6 Å². The summed E-state index contributed by atoms with van der Waals surface area (Å²) >= 11 is 0. The van der Waals surface area contributed by atoms with Gasteiger partial charge < -0.3 is 0 Å². The second-order valence-corrected chi connectivity index (χ2v) is 2.37. The zero-order valence-electron chi connectivity index (χ0n) is 5.08. The van der Waals surface area contributed by atoms with Gasteiger partial charge in [0.05, 0.1) is 5.92 Å². The average Bonchev–Trinajstić information content (AvgIpc) is 1.83. The first-order valence-corrected chi connectivity index (χ1v) is 2.80. The van der Waals surface area contributed by atoms with E-state index in [9.17, 15) is 17.6 Å². The molecule has 0 nitrogen and oxygen atoms in total. The molecule has 4 heteroatoms. The molecule has 1 unspecified atom stereocenters. The molecule has 1 aliphatic carbocycles. The Labute approximate surface area is 55.5 Å². The SMILES string of the molecule is C=CC1CC(F)(F)C1(F)F. The number of allylic oxidation sites excluding steroid dienone is 1. The number of alkyl halides is 4. The maximum atomic E-state index is 12.2. The zero-order chi connectivity index (χ0) is 7.99. The molecule has 0 spiro atoms. The van der Waals surface area contributed by atoms with E-state index in [0.29, 0.717) is 0 Å². The highest BCUT2D eigenvalue weighted by molar-refractivity contribution is 5.09. The maximum absolute atomic E-state index is 12.2. The van der Waals surface area contributed by atoms with Crippen molar-refractivity contribution in [3.63, 3.8) is 0 Å². The maximum Gasteiger partial charge on any atom is 0.316 e. The fourth-order valence-electron chi connectivity index (χ4n) is 0.912. The van der Waals surface area contributed by atoms with Crippen molar-refractivity contribution >= 4 is 0 Å². The van der Waals surface area contributed by atoms with Gasteiger partial charge in [0.15, 0.2) is 0 Å². The molecule has 0 amide bonds. The highest BCUT2D eigenvalue weighted by atomic mass is 19.3. The minimum atomic E-state index is -3.87. The van der Waals surface area contributed by atoms with Gasteiger partial charge in [-0.1, -0.05) is 6.08 Å². The van der Waals surface area contributed by atoms with Crippen LogP contribution in [0.25, 0.3) is 0 Å². The minimum absolute atomic E-state index is 0.774. The molecule has 0 saturated heterocycles. The number of hydrogen-bond acceptors (Lipinski definition) is 0. The summed E-state index contributed by atoms with van der Waals surface area (Å²) in [5, 5.41) is 0. The first kappa shape index (κ1) is 7.57. The van der Waals surface area contributed by atoms with Crippen LogP contribution in [0.2, 0.25) is 0 Å². The summed E-state index contributed by atoms with van der Waals surface area (Å²) in [4.78, 5) is 0. The Morgan fingerprint density at radius 2 is 1.80 bits per heavy atom. The minimum Gasteiger partial charge on any atom is -0.200 e. The predicted octanol–water partition coefficient (Wildman–Crippen LogP) is 2.46. The van der Waals surface area contributed by atoms with E-state index >= 15 is 0 Å². The lowest BCUT2D eigenvalue weighted by molar-refractivity contribution is -0.301. The van der Waals surface area contributed by atoms with E-state index in [1.165, 1.54) is 0 Å². The Balaban J connectivity index is 2.73. The Bertz CT molecular complexity index is 161. The van der Waals surface area contributed by atoms with Gasteiger partial charge in [-0.05, 0) is 0 Å². The zero-order valence-corrected chi connectivity index (χ0v) is 5.08. The van der Waals surface area contributed by atoms with E-state index in [2.05, 4.69) is 6.58 Å². The van der Waals surface area contributed by atoms with Crippen LogP contribution in [-0.4, -0.2) is 11.8 Å². The van der Waals surface area contributed by atoms with Crippen LogP contribution in [-0.2, 0) is 0 Å². The summed E-state index contributed by atoms with van der Waals surface area (Å²) < 4.78 is 48.2. The van der Waals surface area contributed by atoms with Gasteiger partial charge in [0.1, 0.15) is 0 Å². The molecule has 0 aromatic carbocycles. The summed E-state index contributed by atoms with van der Waals surface area (Å²) in [7, 11) is 0. The van der Waals surface area contributed by atoms with E-state index in [1.807, 2.05) is 0 Å². The molecule has 1 fully saturated rings. The van der Waals surface area contributed by atoms with Crippen LogP contribution in [0.3, 0.4) is 0 Å². The van der Waals surface area contributed by atoms with E-state index in [-0.39, 0.29) is 0 Å². The lowest BCUT2D eigenvalue weighted by atomic mass is 9.77. The first-order valence-electron chi connectivity index (χ1n) is 2.80. The number of hydrogen-bond donors (Lipinski definition) is 0. The largest absolute Gasteiger partial charge is 0.316 e. The van der Waals surface area contributed by atoms with Crippen molar-refractivity contribution in [3.8, 4) is 0 Å². The van der Waals surface area contributed by atoms with Gasteiger partial charge in [-0.2, -0.15) is 17.6 Å². The van der Waals surface area contributed by atoms with Gasteiger partial charge in [0.25, 0.3) is 0 Å². The molecule has 0 aromatic heterocycles. The monoisotopic (exact) mass is 154 g/mol. The Morgan fingerprint density at radius 3 is 1.90 bits per heavy atom. The molecule has 10 heavy (non-hydrogen) atoms. The quantitative estimate of drug-likeness (QED) is 0.402. The standard InChI is InChI=1S/C6H6F4/c1-2-4-3-5(7,8)6(4,9)10/h2,4H,1,3H2. The third-order valence-electron chi connectivity index (χ3n) is 1.71. The molecule has 0 aromatic rings. The van der Waals surface area contributed by atoms with E-state index in [0.717, 1.165) is 6.08 Å². The molecule has 1 atom stereocenters. The van der Waals surface area contributed by atoms with Crippen LogP contribution in [0.15, 0.2) is 12.7 Å². The third kappa shape index (κ3) is 0.676. The molecule has 1 aliphatic rings. The molecule has 0 heterocycles. The van der Waals surface area contributed by atoms with Gasteiger partial charge in [0.2, 0.25) is 0 Å². The molecule has 1 saturated carbocycles. The summed E-state index contributed by atoms with van der Waals surface area (Å²) in [6.45, 7) is 3.03. The Hall–Kier alpha value is -0.540. The fraction of sp³-hybridized carbons (Fsp3) is 0.667. The van der Waals surface area contributed by atoms with E-state index in [4.69, 9.17) is 0 Å². The average molecular weight is 154 g/mol. The van der Waals surface area contributed by atoms with Crippen molar-refractivity contribution in [3.05, 3.63) is 12.7 Å².